The van der Waals surface area contributed by atoms with Crippen LogP contribution < -0.4 is 0 Å². The Hall–Kier alpha value is -1.86. The Morgan fingerprint density at radius 2 is 1.77 bits per heavy atom. The van der Waals surface area contributed by atoms with E-state index in [1.807, 2.05) is 45.9 Å². The van der Waals surface area contributed by atoms with Crippen molar-refractivity contribution in [3.8, 4) is 0 Å². The molecule has 3 rings (SSSR count). The lowest BCUT2D eigenvalue weighted by molar-refractivity contribution is -0.163. The molecule has 7 heteroatoms. The number of carbonyl (C=O) groups is 2. The highest BCUT2D eigenvalue weighted by molar-refractivity contribution is 6.54. The second-order valence-electron chi connectivity index (χ2n) is 9.29. The topological polar surface area (TPSA) is 71.1 Å². The van der Waals surface area contributed by atoms with Crippen LogP contribution in [0, 0.1) is 5.41 Å². The van der Waals surface area contributed by atoms with Crippen LogP contribution in [-0.2, 0) is 28.4 Å². The molecule has 2 aliphatic carbocycles. The molecule has 0 unspecified atom stereocenters. The fraction of sp³-hybridized carbons (Fsp3) is 0.652. The van der Waals surface area contributed by atoms with Crippen LogP contribution in [0.4, 0.5) is 0 Å². The molecule has 30 heavy (non-hydrogen) atoms. The number of esters is 2. The van der Waals surface area contributed by atoms with E-state index in [0.717, 1.165) is 18.3 Å². The predicted molar refractivity (Wildman–Crippen MR) is 114 cm³/mol. The van der Waals surface area contributed by atoms with E-state index in [1.165, 1.54) is 0 Å². The summed E-state index contributed by atoms with van der Waals surface area (Å²) in [6, 6.07) is 0. The first-order valence-corrected chi connectivity index (χ1v) is 10.9. The highest BCUT2D eigenvalue weighted by Gasteiger charge is 2.53. The summed E-state index contributed by atoms with van der Waals surface area (Å²) in [6.45, 7) is 10.2. The van der Waals surface area contributed by atoms with Gasteiger partial charge in [0.25, 0.3) is 0 Å². The average molecular weight is 416 g/mol. The number of hydrogen-bond donors (Lipinski definition) is 0. The van der Waals surface area contributed by atoms with Crippen LogP contribution in [0.25, 0.3) is 0 Å². The van der Waals surface area contributed by atoms with E-state index in [0.29, 0.717) is 24.8 Å². The summed E-state index contributed by atoms with van der Waals surface area (Å²) >= 11 is 0. The quantitative estimate of drug-likeness (QED) is 0.480. The first-order chi connectivity index (χ1) is 14.1. The molecule has 1 heterocycles. The van der Waals surface area contributed by atoms with E-state index in [1.54, 1.807) is 13.0 Å². The summed E-state index contributed by atoms with van der Waals surface area (Å²) in [6.07, 6.45) is 10.9. The highest BCUT2D eigenvalue weighted by atomic mass is 16.7. The van der Waals surface area contributed by atoms with Crippen LogP contribution in [0.15, 0.2) is 35.3 Å². The fourth-order valence-electron chi connectivity index (χ4n) is 3.83. The molecule has 0 spiro atoms. The summed E-state index contributed by atoms with van der Waals surface area (Å²) in [5.41, 5.74) is -0.129. The molecule has 0 aromatic heterocycles. The molecule has 1 aliphatic heterocycles. The summed E-state index contributed by atoms with van der Waals surface area (Å²) in [5, 5.41) is 0. The molecule has 0 amide bonds. The molecule has 164 valence electrons. The van der Waals surface area contributed by atoms with Gasteiger partial charge in [-0.25, -0.2) is 4.79 Å². The number of carbonyl (C=O) groups excluding carboxylic acids is 2. The maximum Gasteiger partial charge on any atom is 0.490 e. The van der Waals surface area contributed by atoms with E-state index in [-0.39, 0.29) is 19.2 Å². The standard InChI is InChI=1S/C23H33BO6/c1-6-27-20(26)23(16-28-19(25)17-10-8-7-9-11-17)14-12-18(13-15-23)24-29-21(2,3)22(4,5)30-24/h8,10-12H,6-7,9,13-16H2,1-5H3/t23-/m0/s1. The summed E-state index contributed by atoms with van der Waals surface area (Å²) < 4.78 is 23.2. The van der Waals surface area contributed by atoms with Gasteiger partial charge in [0.2, 0.25) is 0 Å². The summed E-state index contributed by atoms with van der Waals surface area (Å²) in [4.78, 5) is 25.2. The lowest BCUT2D eigenvalue weighted by Crippen LogP contribution is -2.41. The number of ether oxygens (including phenoxy) is 2. The molecule has 1 saturated heterocycles. The molecule has 0 bridgehead atoms. The molecular weight excluding hydrogens is 383 g/mol. The Labute approximate surface area is 179 Å². The van der Waals surface area contributed by atoms with Crippen LogP contribution in [-0.4, -0.2) is 43.5 Å². The first-order valence-electron chi connectivity index (χ1n) is 10.9. The third-order valence-electron chi connectivity index (χ3n) is 6.62. The van der Waals surface area contributed by atoms with Gasteiger partial charge < -0.3 is 18.8 Å². The number of hydrogen-bond acceptors (Lipinski definition) is 6. The third-order valence-corrected chi connectivity index (χ3v) is 6.62. The monoisotopic (exact) mass is 416 g/mol. The highest BCUT2D eigenvalue weighted by Crippen LogP contribution is 2.43. The van der Waals surface area contributed by atoms with Crippen molar-refractivity contribution in [2.45, 2.75) is 77.9 Å². The minimum Gasteiger partial charge on any atom is -0.465 e. The maximum absolute atomic E-state index is 12.8. The SMILES string of the molecule is CCOC(=O)[C@@]1(COC(=O)C2=CCCC=C2)CC=C(B2OC(C)(C)C(C)(C)O2)CC1. The second kappa shape index (κ2) is 8.71. The summed E-state index contributed by atoms with van der Waals surface area (Å²) in [5.74, 6) is -0.717. The van der Waals surface area contributed by atoms with E-state index >= 15 is 0 Å². The van der Waals surface area contributed by atoms with Crippen molar-refractivity contribution in [1.29, 1.82) is 0 Å². The van der Waals surface area contributed by atoms with Gasteiger partial charge in [-0.05, 0) is 72.2 Å². The van der Waals surface area contributed by atoms with Crippen LogP contribution in [0.3, 0.4) is 0 Å². The molecule has 0 aromatic rings. The van der Waals surface area contributed by atoms with Gasteiger partial charge in [0.05, 0.1) is 23.4 Å². The van der Waals surface area contributed by atoms with Gasteiger partial charge in [-0.1, -0.05) is 24.3 Å². The van der Waals surface area contributed by atoms with Crippen LogP contribution in [0.1, 0.15) is 66.7 Å². The second-order valence-corrected chi connectivity index (χ2v) is 9.29. The van der Waals surface area contributed by atoms with E-state index < -0.39 is 29.7 Å². The van der Waals surface area contributed by atoms with Crippen LogP contribution >= 0.6 is 0 Å². The van der Waals surface area contributed by atoms with E-state index in [4.69, 9.17) is 18.8 Å². The Kier molecular flexibility index (Phi) is 6.63. The normalized spacial score (nSPS) is 27.3. The number of allylic oxidation sites excluding steroid dienone is 4. The Morgan fingerprint density at radius 3 is 2.30 bits per heavy atom. The number of rotatable bonds is 6. The van der Waals surface area contributed by atoms with Crippen molar-refractivity contribution in [1.82, 2.24) is 0 Å². The zero-order valence-electron chi connectivity index (χ0n) is 18.8. The zero-order chi connectivity index (χ0) is 22.0. The van der Waals surface area contributed by atoms with Gasteiger partial charge in [-0.3, -0.25) is 4.79 Å². The predicted octanol–water partition coefficient (Wildman–Crippen LogP) is 4.10. The van der Waals surface area contributed by atoms with Crippen molar-refractivity contribution in [2.24, 2.45) is 5.41 Å². The Balaban J connectivity index is 1.71. The average Bonchev–Trinajstić information content (AvgIpc) is 2.94. The fourth-order valence-corrected chi connectivity index (χ4v) is 3.83. The molecule has 6 nitrogen and oxygen atoms in total. The van der Waals surface area contributed by atoms with Crippen LogP contribution in [0.2, 0.25) is 0 Å². The third kappa shape index (κ3) is 4.57. The lowest BCUT2D eigenvalue weighted by atomic mass is 9.66. The van der Waals surface area contributed by atoms with Gasteiger partial charge in [-0.15, -0.1) is 0 Å². The van der Waals surface area contributed by atoms with E-state index in [2.05, 4.69) is 0 Å². The lowest BCUT2D eigenvalue weighted by Gasteiger charge is -2.34. The molecule has 0 aromatic carbocycles. The van der Waals surface area contributed by atoms with Crippen molar-refractivity contribution in [3.63, 3.8) is 0 Å². The van der Waals surface area contributed by atoms with Crippen molar-refractivity contribution >= 4 is 19.1 Å². The van der Waals surface area contributed by atoms with Crippen molar-refractivity contribution in [2.75, 3.05) is 13.2 Å². The zero-order valence-corrected chi connectivity index (χ0v) is 18.8. The summed E-state index contributed by atoms with van der Waals surface area (Å²) in [7, 11) is -0.421. The first kappa shape index (κ1) is 22.8. The largest absolute Gasteiger partial charge is 0.490 e. The Morgan fingerprint density at radius 1 is 1.07 bits per heavy atom. The van der Waals surface area contributed by atoms with Gasteiger partial charge in [-0.2, -0.15) is 0 Å². The van der Waals surface area contributed by atoms with Crippen LogP contribution in [0.5, 0.6) is 0 Å². The molecule has 3 aliphatic rings. The molecule has 1 atom stereocenters. The van der Waals surface area contributed by atoms with Gasteiger partial charge in [0, 0.05) is 0 Å². The maximum atomic E-state index is 12.8. The minimum absolute atomic E-state index is 0.00297. The molecule has 0 N–H and O–H groups in total. The smallest absolute Gasteiger partial charge is 0.465 e. The molecule has 0 saturated carbocycles. The minimum atomic E-state index is -0.877. The van der Waals surface area contributed by atoms with E-state index in [9.17, 15) is 9.59 Å². The molecule has 1 fully saturated rings. The van der Waals surface area contributed by atoms with Crippen molar-refractivity contribution < 1.29 is 28.4 Å². The molecule has 0 radical (unpaired) electrons. The van der Waals surface area contributed by atoms with Crippen molar-refractivity contribution in [3.05, 3.63) is 35.3 Å². The Bertz CT molecular complexity index is 763. The van der Waals surface area contributed by atoms with Gasteiger partial charge >= 0.3 is 19.1 Å². The molecular formula is C23H33BO6. The van der Waals surface area contributed by atoms with Gasteiger partial charge in [0.15, 0.2) is 0 Å². The van der Waals surface area contributed by atoms with Gasteiger partial charge in [0.1, 0.15) is 12.0 Å².